The molecule has 6 amide bonds. The molecule has 46 heavy (non-hydrogen) atoms. The maximum Gasteiger partial charge on any atom is 0.253 e. The van der Waals surface area contributed by atoms with Gasteiger partial charge in [0.2, 0.25) is 23.6 Å². The molecule has 1 aliphatic rings. The van der Waals surface area contributed by atoms with E-state index in [0.29, 0.717) is 57.4 Å². The van der Waals surface area contributed by atoms with Gasteiger partial charge in [-0.1, -0.05) is 12.1 Å². The minimum atomic E-state index is -0.824. The molecule has 0 saturated carbocycles. The van der Waals surface area contributed by atoms with Crippen LogP contribution in [-0.4, -0.2) is 124 Å². The Bertz CT molecular complexity index is 1160. The molecule has 0 bridgehead atoms. The van der Waals surface area contributed by atoms with Crippen LogP contribution in [0.15, 0.2) is 36.4 Å². The summed E-state index contributed by atoms with van der Waals surface area (Å²) in [5, 5.41) is 19.4. The fourth-order valence-electron chi connectivity index (χ4n) is 3.71. The molecular formula is C30H43N5O11. The highest BCUT2D eigenvalue weighted by Crippen LogP contribution is 2.10. The van der Waals surface area contributed by atoms with Gasteiger partial charge < -0.3 is 45.3 Å². The lowest BCUT2D eigenvalue weighted by molar-refractivity contribution is -0.137. The average molecular weight is 650 g/mol. The standard InChI is InChI=1S/C30H43N5O11/c1-22(30(42)34-24-4-2-23(21-36)3-5-24)33-27(39)20-32-26(38)9-12-43-14-16-45-18-19-46-17-15-44-13-10-31-25(37)8-11-35-28(40)6-7-29(35)41/h2-7,22,36H,8-21H2,1H3,(H,31,37)(H,32,38)(H,33,39)(H,34,42). The summed E-state index contributed by atoms with van der Waals surface area (Å²) >= 11 is 0. The van der Waals surface area contributed by atoms with Gasteiger partial charge in [-0.25, -0.2) is 0 Å². The zero-order valence-electron chi connectivity index (χ0n) is 25.9. The van der Waals surface area contributed by atoms with E-state index >= 15 is 0 Å². The second-order valence-corrected chi connectivity index (χ2v) is 9.87. The van der Waals surface area contributed by atoms with Crippen molar-refractivity contribution in [3.63, 3.8) is 0 Å². The van der Waals surface area contributed by atoms with E-state index in [1.807, 2.05) is 0 Å². The Morgan fingerprint density at radius 3 is 1.87 bits per heavy atom. The van der Waals surface area contributed by atoms with Crippen molar-refractivity contribution in [2.24, 2.45) is 0 Å². The molecule has 1 heterocycles. The Labute approximate surface area is 267 Å². The van der Waals surface area contributed by atoms with Gasteiger partial charge in [-0.2, -0.15) is 0 Å². The highest BCUT2D eigenvalue weighted by molar-refractivity contribution is 6.13. The minimum Gasteiger partial charge on any atom is -0.392 e. The Balaban J connectivity index is 1.33. The van der Waals surface area contributed by atoms with Crippen molar-refractivity contribution in [2.75, 3.05) is 77.8 Å². The largest absolute Gasteiger partial charge is 0.392 e. The van der Waals surface area contributed by atoms with Crippen LogP contribution in [0.3, 0.4) is 0 Å². The molecule has 1 unspecified atom stereocenters. The van der Waals surface area contributed by atoms with Crippen molar-refractivity contribution in [3.05, 3.63) is 42.0 Å². The van der Waals surface area contributed by atoms with Gasteiger partial charge in [-0.3, -0.25) is 33.7 Å². The van der Waals surface area contributed by atoms with Crippen LogP contribution in [0, 0.1) is 0 Å². The van der Waals surface area contributed by atoms with E-state index in [1.165, 1.54) is 19.1 Å². The maximum atomic E-state index is 12.2. The van der Waals surface area contributed by atoms with Gasteiger partial charge in [-0.15, -0.1) is 0 Å². The lowest BCUT2D eigenvalue weighted by atomic mass is 10.2. The number of amides is 6. The molecule has 0 spiro atoms. The van der Waals surface area contributed by atoms with Crippen molar-refractivity contribution < 1.29 is 52.8 Å². The molecule has 1 aliphatic heterocycles. The highest BCUT2D eigenvalue weighted by atomic mass is 16.6. The third kappa shape index (κ3) is 16.2. The molecule has 254 valence electrons. The van der Waals surface area contributed by atoms with Gasteiger partial charge >= 0.3 is 0 Å². The Morgan fingerprint density at radius 1 is 0.739 bits per heavy atom. The minimum absolute atomic E-state index is 0.0254. The second-order valence-electron chi connectivity index (χ2n) is 9.87. The van der Waals surface area contributed by atoms with Crippen molar-refractivity contribution in [2.45, 2.75) is 32.4 Å². The molecule has 1 aromatic carbocycles. The van der Waals surface area contributed by atoms with Gasteiger partial charge in [0.05, 0.1) is 66.0 Å². The van der Waals surface area contributed by atoms with E-state index in [0.717, 1.165) is 4.90 Å². The van der Waals surface area contributed by atoms with Crippen molar-refractivity contribution in [3.8, 4) is 0 Å². The molecule has 1 aromatic rings. The molecule has 1 atom stereocenters. The first-order valence-electron chi connectivity index (χ1n) is 14.9. The molecule has 2 rings (SSSR count). The first-order valence-corrected chi connectivity index (χ1v) is 14.9. The van der Waals surface area contributed by atoms with Gasteiger partial charge in [0.25, 0.3) is 11.8 Å². The lowest BCUT2D eigenvalue weighted by Crippen LogP contribution is -2.46. The summed E-state index contributed by atoms with van der Waals surface area (Å²) in [5.74, 6) is -2.43. The van der Waals surface area contributed by atoms with Crippen LogP contribution in [-0.2, 0) is 54.3 Å². The zero-order chi connectivity index (χ0) is 33.6. The van der Waals surface area contributed by atoms with Crippen LogP contribution in [0.1, 0.15) is 25.3 Å². The van der Waals surface area contributed by atoms with Crippen LogP contribution in [0.2, 0.25) is 0 Å². The molecule has 5 N–H and O–H groups in total. The summed E-state index contributed by atoms with van der Waals surface area (Å²) < 4.78 is 21.5. The monoisotopic (exact) mass is 649 g/mol. The third-order valence-corrected chi connectivity index (χ3v) is 6.24. The SMILES string of the molecule is CC(NC(=O)CNC(=O)CCOCCOCCOCCOCCNC(=O)CCN1C(=O)C=CC1=O)C(=O)Nc1ccc(CO)cc1. The average Bonchev–Trinajstić information content (AvgIpc) is 3.37. The van der Waals surface area contributed by atoms with E-state index in [2.05, 4.69) is 21.3 Å². The number of carbonyl (C=O) groups excluding carboxylic acids is 6. The molecule has 16 nitrogen and oxygen atoms in total. The van der Waals surface area contributed by atoms with E-state index in [1.54, 1.807) is 24.3 Å². The number of nitrogens with one attached hydrogen (secondary N) is 4. The summed E-state index contributed by atoms with van der Waals surface area (Å²) in [5.41, 5.74) is 1.24. The number of imide groups is 1. The fraction of sp³-hybridized carbons (Fsp3) is 0.533. The number of rotatable bonds is 24. The van der Waals surface area contributed by atoms with Crippen molar-refractivity contribution in [1.29, 1.82) is 0 Å². The molecule has 0 aliphatic carbocycles. The predicted octanol–water partition coefficient (Wildman–Crippen LogP) is -1.37. The maximum absolute atomic E-state index is 12.2. The van der Waals surface area contributed by atoms with Gasteiger partial charge in [0.1, 0.15) is 6.04 Å². The number of hydrogen-bond acceptors (Lipinski definition) is 11. The zero-order valence-corrected chi connectivity index (χ0v) is 25.9. The van der Waals surface area contributed by atoms with E-state index in [9.17, 15) is 28.8 Å². The van der Waals surface area contributed by atoms with Crippen molar-refractivity contribution >= 4 is 41.1 Å². The Hall–Kier alpha value is -4.22. The van der Waals surface area contributed by atoms with Gasteiger partial charge in [0, 0.05) is 43.8 Å². The number of carbonyl (C=O) groups is 6. The van der Waals surface area contributed by atoms with E-state index in [-0.39, 0.29) is 57.6 Å². The quantitative estimate of drug-likeness (QED) is 0.0651. The molecule has 0 radical (unpaired) electrons. The summed E-state index contributed by atoms with van der Waals surface area (Å²) in [7, 11) is 0. The number of aliphatic hydroxyl groups is 1. The number of anilines is 1. The predicted molar refractivity (Wildman–Crippen MR) is 163 cm³/mol. The Kier molecular flexibility index (Phi) is 18.4. The number of benzene rings is 1. The number of nitrogens with zero attached hydrogens (tertiary/aromatic N) is 1. The van der Waals surface area contributed by atoms with Gasteiger partial charge in [-0.05, 0) is 24.6 Å². The van der Waals surface area contributed by atoms with Crippen LogP contribution in [0.25, 0.3) is 0 Å². The van der Waals surface area contributed by atoms with Crippen LogP contribution in [0.4, 0.5) is 5.69 Å². The van der Waals surface area contributed by atoms with E-state index < -0.39 is 29.7 Å². The van der Waals surface area contributed by atoms with Crippen LogP contribution >= 0.6 is 0 Å². The van der Waals surface area contributed by atoms with Gasteiger partial charge in [0.15, 0.2) is 0 Å². The second kappa shape index (κ2) is 22.3. The normalized spacial score (nSPS) is 13.0. The van der Waals surface area contributed by atoms with E-state index in [4.69, 9.17) is 24.1 Å². The summed E-state index contributed by atoms with van der Waals surface area (Å²) in [4.78, 5) is 71.9. The number of hydrogen-bond donors (Lipinski definition) is 5. The Morgan fingerprint density at radius 2 is 1.28 bits per heavy atom. The smallest absolute Gasteiger partial charge is 0.253 e. The molecule has 16 heteroatoms. The highest BCUT2D eigenvalue weighted by Gasteiger charge is 2.23. The lowest BCUT2D eigenvalue weighted by Gasteiger charge is -2.14. The first-order chi connectivity index (χ1) is 22.2. The summed E-state index contributed by atoms with van der Waals surface area (Å²) in [6.45, 7) is 3.88. The first kappa shape index (κ1) is 38.0. The third-order valence-electron chi connectivity index (χ3n) is 6.24. The topological polar surface area (TPSA) is 211 Å². The van der Waals surface area contributed by atoms with Crippen LogP contribution in [0.5, 0.6) is 0 Å². The molecule has 0 fully saturated rings. The number of ether oxygens (including phenoxy) is 4. The molecule has 0 saturated heterocycles. The summed E-state index contributed by atoms with van der Waals surface area (Å²) in [6.07, 6.45) is 2.43. The number of aliphatic hydroxyl groups excluding tert-OH is 1. The van der Waals surface area contributed by atoms with Crippen LogP contribution < -0.4 is 21.3 Å². The molecular weight excluding hydrogens is 606 g/mol. The van der Waals surface area contributed by atoms with Crippen molar-refractivity contribution in [1.82, 2.24) is 20.9 Å². The molecule has 0 aromatic heterocycles. The fourth-order valence-corrected chi connectivity index (χ4v) is 3.71. The summed E-state index contributed by atoms with van der Waals surface area (Å²) in [6, 6.07) is 5.81.